The number of carbonyl (C=O) groups is 1. The standard InChI is InChI=1S/C9H11ClN2O3/c10-5-1-2-12-6(3-5)9(15)7(13)4-8(11)14/h1-3,7,9,13,15H,4H2,(H2,11,14). The Balaban J connectivity index is 2.75. The summed E-state index contributed by atoms with van der Waals surface area (Å²) in [5.74, 6) is -0.691. The number of nitrogens with two attached hydrogens (primary N) is 1. The first-order chi connectivity index (χ1) is 7.00. The number of amides is 1. The number of aliphatic hydroxyl groups is 2. The SMILES string of the molecule is NC(=O)CC(O)C(O)c1cc(Cl)ccn1. The summed E-state index contributed by atoms with van der Waals surface area (Å²) < 4.78 is 0. The number of rotatable bonds is 4. The Morgan fingerprint density at radius 3 is 2.80 bits per heavy atom. The maximum atomic E-state index is 10.5. The fourth-order valence-corrected chi connectivity index (χ4v) is 1.27. The zero-order valence-corrected chi connectivity index (χ0v) is 8.55. The molecule has 1 rings (SSSR count). The van der Waals surface area contributed by atoms with Gasteiger partial charge in [0.15, 0.2) is 0 Å². The van der Waals surface area contributed by atoms with Gasteiger partial charge >= 0.3 is 0 Å². The molecule has 5 nitrogen and oxygen atoms in total. The number of primary amides is 1. The smallest absolute Gasteiger partial charge is 0.220 e. The van der Waals surface area contributed by atoms with E-state index in [4.69, 9.17) is 17.3 Å². The van der Waals surface area contributed by atoms with Gasteiger partial charge in [0.05, 0.1) is 18.2 Å². The fourth-order valence-electron chi connectivity index (χ4n) is 1.10. The topological polar surface area (TPSA) is 96.4 Å². The molecule has 0 radical (unpaired) electrons. The lowest BCUT2D eigenvalue weighted by atomic mass is 10.1. The van der Waals surface area contributed by atoms with Gasteiger partial charge in [0, 0.05) is 11.2 Å². The van der Waals surface area contributed by atoms with Crippen LogP contribution in [0.4, 0.5) is 0 Å². The van der Waals surface area contributed by atoms with E-state index in [1.807, 2.05) is 0 Å². The van der Waals surface area contributed by atoms with Crippen molar-refractivity contribution in [3.05, 3.63) is 29.0 Å². The molecule has 1 amide bonds. The van der Waals surface area contributed by atoms with Gasteiger partial charge in [0.2, 0.25) is 5.91 Å². The summed E-state index contributed by atoms with van der Waals surface area (Å²) in [6.45, 7) is 0. The van der Waals surface area contributed by atoms with Crippen LogP contribution in [0.1, 0.15) is 18.2 Å². The average molecular weight is 231 g/mol. The number of aromatic nitrogens is 1. The van der Waals surface area contributed by atoms with Crippen molar-refractivity contribution in [1.29, 1.82) is 0 Å². The number of aliphatic hydroxyl groups excluding tert-OH is 2. The van der Waals surface area contributed by atoms with Crippen molar-refractivity contribution in [3.8, 4) is 0 Å². The van der Waals surface area contributed by atoms with Crippen molar-refractivity contribution in [2.75, 3.05) is 0 Å². The minimum Gasteiger partial charge on any atom is -0.389 e. The highest BCUT2D eigenvalue weighted by atomic mass is 35.5. The summed E-state index contributed by atoms with van der Waals surface area (Å²) in [6.07, 6.45) is -1.46. The third-order valence-electron chi connectivity index (χ3n) is 1.82. The summed E-state index contributed by atoms with van der Waals surface area (Å²) in [5.41, 5.74) is 5.09. The highest BCUT2D eigenvalue weighted by Crippen LogP contribution is 2.19. The lowest BCUT2D eigenvalue weighted by Crippen LogP contribution is -2.26. The van der Waals surface area contributed by atoms with Gasteiger partial charge < -0.3 is 15.9 Å². The van der Waals surface area contributed by atoms with Crippen LogP contribution in [0.3, 0.4) is 0 Å². The second kappa shape index (κ2) is 5.06. The highest BCUT2D eigenvalue weighted by molar-refractivity contribution is 6.30. The molecule has 1 heterocycles. The van der Waals surface area contributed by atoms with Crippen LogP contribution in [0.5, 0.6) is 0 Å². The molecule has 15 heavy (non-hydrogen) atoms. The lowest BCUT2D eigenvalue weighted by Gasteiger charge is -2.15. The predicted molar refractivity (Wildman–Crippen MR) is 54.0 cm³/mol. The van der Waals surface area contributed by atoms with Crippen molar-refractivity contribution in [2.45, 2.75) is 18.6 Å². The molecular formula is C9H11ClN2O3. The second-order valence-corrected chi connectivity index (χ2v) is 3.52. The normalized spacial score (nSPS) is 14.6. The van der Waals surface area contributed by atoms with E-state index in [0.717, 1.165) is 0 Å². The van der Waals surface area contributed by atoms with Gasteiger partial charge in [-0.3, -0.25) is 9.78 Å². The van der Waals surface area contributed by atoms with Crippen LogP contribution in [0.25, 0.3) is 0 Å². The Morgan fingerprint density at radius 1 is 1.60 bits per heavy atom. The van der Waals surface area contributed by atoms with E-state index in [2.05, 4.69) is 4.98 Å². The summed E-state index contributed by atoms with van der Waals surface area (Å²) in [6, 6.07) is 2.95. The molecule has 1 aromatic heterocycles. The molecule has 0 fully saturated rings. The monoisotopic (exact) mass is 230 g/mol. The zero-order chi connectivity index (χ0) is 11.4. The van der Waals surface area contributed by atoms with E-state index < -0.39 is 18.1 Å². The molecule has 0 aliphatic carbocycles. The minimum atomic E-state index is -1.27. The third-order valence-corrected chi connectivity index (χ3v) is 2.06. The molecule has 2 unspecified atom stereocenters. The lowest BCUT2D eigenvalue weighted by molar-refractivity contribution is -0.121. The van der Waals surface area contributed by atoms with Crippen LogP contribution in [-0.4, -0.2) is 27.2 Å². The van der Waals surface area contributed by atoms with Gasteiger partial charge in [0.25, 0.3) is 0 Å². The quantitative estimate of drug-likeness (QED) is 0.679. The minimum absolute atomic E-state index is 0.205. The Bertz CT molecular complexity index is 359. The van der Waals surface area contributed by atoms with Gasteiger partial charge in [-0.25, -0.2) is 0 Å². The van der Waals surface area contributed by atoms with Crippen LogP contribution in [0, 0.1) is 0 Å². The molecule has 4 N–H and O–H groups in total. The Hall–Kier alpha value is -1.17. The Morgan fingerprint density at radius 2 is 2.27 bits per heavy atom. The molecule has 6 heteroatoms. The predicted octanol–water partition coefficient (Wildman–Crippen LogP) is 0.00470. The zero-order valence-electron chi connectivity index (χ0n) is 7.80. The molecule has 0 saturated carbocycles. The molecule has 0 spiro atoms. The number of hydrogen-bond acceptors (Lipinski definition) is 4. The maximum Gasteiger partial charge on any atom is 0.220 e. The number of pyridine rings is 1. The largest absolute Gasteiger partial charge is 0.389 e. The summed E-state index contributed by atoms with van der Waals surface area (Å²) in [7, 11) is 0. The van der Waals surface area contributed by atoms with Gasteiger partial charge in [-0.2, -0.15) is 0 Å². The van der Waals surface area contributed by atoms with Crippen molar-refractivity contribution >= 4 is 17.5 Å². The second-order valence-electron chi connectivity index (χ2n) is 3.08. The first kappa shape index (κ1) is 11.9. The van der Waals surface area contributed by atoms with Gasteiger partial charge in [-0.1, -0.05) is 11.6 Å². The summed E-state index contributed by atoms with van der Waals surface area (Å²) in [5, 5.41) is 19.4. The molecular weight excluding hydrogens is 220 g/mol. The van der Waals surface area contributed by atoms with Crippen molar-refractivity contribution in [2.24, 2.45) is 5.73 Å². The van der Waals surface area contributed by atoms with Gasteiger partial charge in [-0.05, 0) is 12.1 Å². The van der Waals surface area contributed by atoms with Crippen molar-refractivity contribution in [3.63, 3.8) is 0 Å². The summed E-state index contributed by atoms with van der Waals surface area (Å²) >= 11 is 5.67. The van der Waals surface area contributed by atoms with E-state index in [0.29, 0.717) is 5.02 Å². The van der Waals surface area contributed by atoms with E-state index in [9.17, 15) is 15.0 Å². The number of nitrogens with zero attached hydrogens (tertiary/aromatic N) is 1. The first-order valence-corrected chi connectivity index (χ1v) is 4.64. The van der Waals surface area contributed by atoms with E-state index in [1.165, 1.54) is 18.3 Å². The molecule has 0 saturated heterocycles. The van der Waals surface area contributed by atoms with Crippen molar-refractivity contribution < 1.29 is 15.0 Å². The van der Waals surface area contributed by atoms with Gasteiger partial charge in [-0.15, -0.1) is 0 Å². The number of hydrogen-bond donors (Lipinski definition) is 3. The summed E-state index contributed by atoms with van der Waals surface area (Å²) in [4.78, 5) is 14.3. The first-order valence-electron chi connectivity index (χ1n) is 4.26. The molecule has 1 aromatic rings. The average Bonchev–Trinajstić information content (AvgIpc) is 2.15. The van der Waals surface area contributed by atoms with Crippen LogP contribution < -0.4 is 5.73 Å². The fraction of sp³-hybridized carbons (Fsp3) is 0.333. The van der Waals surface area contributed by atoms with Crippen LogP contribution >= 0.6 is 11.6 Å². The van der Waals surface area contributed by atoms with E-state index in [-0.39, 0.29) is 12.1 Å². The molecule has 0 aliphatic rings. The molecule has 82 valence electrons. The molecule has 0 aliphatic heterocycles. The van der Waals surface area contributed by atoms with Crippen LogP contribution in [0.15, 0.2) is 18.3 Å². The molecule has 0 aromatic carbocycles. The Kier molecular flexibility index (Phi) is 4.02. The Labute approximate surface area is 91.5 Å². The van der Waals surface area contributed by atoms with Gasteiger partial charge in [0.1, 0.15) is 6.10 Å². The van der Waals surface area contributed by atoms with Crippen LogP contribution in [-0.2, 0) is 4.79 Å². The van der Waals surface area contributed by atoms with E-state index >= 15 is 0 Å². The van der Waals surface area contributed by atoms with Crippen molar-refractivity contribution in [1.82, 2.24) is 4.98 Å². The highest BCUT2D eigenvalue weighted by Gasteiger charge is 2.21. The van der Waals surface area contributed by atoms with Crippen LogP contribution in [0.2, 0.25) is 5.02 Å². The molecule has 2 atom stereocenters. The third kappa shape index (κ3) is 3.47. The number of carbonyl (C=O) groups excluding carboxylic acids is 1. The number of halogens is 1. The molecule has 0 bridgehead atoms. The van der Waals surface area contributed by atoms with E-state index in [1.54, 1.807) is 0 Å². The maximum absolute atomic E-state index is 10.5.